The number of thiophene rings is 1. The van der Waals surface area contributed by atoms with E-state index in [0.29, 0.717) is 11.6 Å². The molecule has 11 rings (SSSR count). The van der Waals surface area contributed by atoms with Crippen molar-refractivity contribution in [3.63, 3.8) is 0 Å². The number of rotatable bonds is 4. The first-order valence-electron chi connectivity index (χ1n) is 17.6. The fraction of sp³-hybridized carbons (Fsp3) is 0.0426. The second-order valence-corrected chi connectivity index (χ2v) is 14.7. The van der Waals surface area contributed by atoms with Crippen molar-refractivity contribution in [3.8, 4) is 33.9 Å². The van der Waals surface area contributed by atoms with Crippen LogP contribution in [0.3, 0.4) is 0 Å². The number of nitrogens with zero attached hydrogens (tertiary/aromatic N) is 3. The van der Waals surface area contributed by atoms with Crippen LogP contribution in [0.4, 0.5) is 0 Å². The largest absolute Gasteiger partial charge is 0.456 e. The van der Waals surface area contributed by atoms with Gasteiger partial charge in [-0.2, -0.15) is 0 Å². The topological polar surface area (TPSA) is 51.8 Å². The summed E-state index contributed by atoms with van der Waals surface area (Å²) in [5, 5.41) is 8.23. The van der Waals surface area contributed by atoms with Gasteiger partial charge in [-0.1, -0.05) is 115 Å². The Labute approximate surface area is 303 Å². The van der Waals surface area contributed by atoms with Gasteiger partial charge in [0.2, 0.25) is 0 Å². The van der Waals surface area contributed by atoms with Crippen LogP contribution < -0.4 is 0 Å². The van der Waals surface area contributed by atoms with E-state index in [9.17, 15) is 0 Å². The van der Waals surface area contributed by atoms with E-state index < -0.39 is 0 Å². The summed E-state index contributed by atoms with van der Waals surface area (Å²) in [5.74, 6) is 2.19. The fourth-order valence-corrected chi connectivity index (χ4v) is 8.99. The van der Waals surface area contributed by atoms with Gasteiger partial charge in [0.25, 0.3) is 0 Å². The predicted molar refractivity (Wildman–Crippen MR) is 216 cm³/mol. The highest BCUT2D eigenvalue weighted by molar-refractivity contribution is 7.20. The molecule has 10 aromatic rings. The summed E-state index contributed by atoms with van der Waals surface area (Å²) in [4.78, 5) is 16.9. The van der Waals surface area contributed by atoms with Crippen molar-refractivity contribution in [2.75, 3.05) is 0 Å². The molecule has 5 heteroatoms. The molecule has 1 aliphatic carbocycles. The van der Waals surface area contributed by atoms with E-state index in [2.05, 4.69) is 140 Å². The van der Waals surface area contributed by atoms with Gasteiger partial charge in [0, 0.05) is 37.4 Å². The normalized spacial score (nSPS) is 14.2. The zero-order valence-electron chi connectivity index (χ0n) is 28.0. The van der Waals surface area contributed by atoms with Gasteiger partial charge in [-0.15, -0.1) is 11.3 Å². The molecule has 7 aromatic carbocycles. The molecule has 1 aliphatic rings. The van der Waals surface area contributed by atoms with Gasteiger partial charge in [0.05, 0.1) is 0 Å². The maximum absolute atomic E-state index is 6.22. The molecule has 4 nitrogen and oxygen atoms in total. The molecule has 0 amide bonds. The summed E-state index contributed by atoms with van der Waals surface area (Å²) in [6.45, 7) is 0. The monoisotopic (exact) mass is 683 g/mol. The first-order valence-corrected chi connectivity index (χ1v) is 18.4. The van der Waals surface area contributed by atoms with Gasteiger partial charge >= 0.3 is 0 Å². The molecule has 52 heavy (non-hydrogen) atoms. The highest BCUT2D eigenvalue weighted by Crippen LogP contribution is 2.41. The van der Waals surface area contributed by atoms with E-state index in [-0.39, 0.29) is 5.92 Å². The second kappa shape index (κ2) is 11.6. The summed E-state index contributed by atoms with van der Waals surface area (Å²) < 4.78 is 7.54. The van der Waals surface area contributed by atoms with Gasteiger partial charge in [0.1, 0.15) is 17.0 Å². The number of allylic oxidation sites excluding steroid dienone is 1. The number of furan rings is 1. The van der Waals surface area contributed by atoms with Crippen LogP contribution in [0.15, 0.2) is 156 Å². The summed E-state index contributed by atoms with van der Waals surface area (Å²) in [7, 11) is 0. The number of fused-ring (bicyclic) bond motifs is 8. The zero-order chi connectivity index (χ0) is 34.2. The lowest BCUT2D eigenvalue weighted by Crippen LogP contribution is -2.11. The Morgan fingerprint density at radius 2 is 1.19 bits per heavy atom. The number of hydrogen-bond donors (Lipinski definition) is 0. The van der Waals surface area contributed by atoms with Crippen molar-refractivity contribution in [1.29, 1.82) is 0 Å². The van der Waals surface area contributed by atoms with Gasteiger partial charge in [-0.05, 0) is 92.5 Å². The number of para-hydroxylation sites is 1. The third kappa shape index (κ3) is 4.78. The quantitative estimate of drug-likeness (QED) is 0.185. The molecule has 0 spiro atoms. The maximum Gasteiger partial charge on any atom is 0.163 e. The fourth-order valence-electron chi connectivity index (χ4n) is 7.85. The van der Waals surface area contributed by atoms with Crippen molar-refractivity contribution in [1.82, 2.24) is 15.0 Å². The van der Waals surface area contributed by atoms with Crippen LogP contribution in [0.5, 0.6) is 0 Å². The van der Waals surface area contributed by atoms with Gasteiger partial charge in [0.15, 0.2) is 11.6 Å². The zero-order valence-corrected chi connectivity index (χ0v) is 28.8. The van der Waals surface area contributed by atoms with Crippen LogP contribution in [0, 0.1) is 0 Å². The Bertz CT molecular complexity index is 3080. The van der Waals surface area contributed by atoms with Crippen molar-refractivity contribution >= 4 is 71.0 Å². The minimum atomic E-state index is 0.0313. The molecule has 3 aromatic heterocycles. The van der Waals surface area contributed by atoms with Gasteiger partial charge in [-0.3, -0.25) is 0 Å². The van der Waals surface area contributed by atoms with E-state index in [1.807, 2.05) is 29.5 Å². The molecule has 1 unspecified atom stereocenters. The summed E-state index contributed by atoms with van der Waals surface area (Å²) >= 11 is 1.85. The lowest BCUT2D eigenvalue weighted by molar-refractivity contribution is 0.669. The standard InChI is InChI=1S/C47H29N3OS/c1-2-9-30-24-32(20-17-28(30)8-1)45-48-46(50-47(49-45)34-22-23-43-39(27-34)37-10-4-6-15-42(37)52-43)33-21-18-29-16-19-31(25-35(29)26-33)36-12-7-14-41-44(36)38-11-3-5-13-40(38)51-41/h1-26,34H,27H2. The molecule has 244 valence electrons. The molecule has 0 bridgehead atoms. The SMILES string of the molecule is C1=CC(c2nc(-c3ccc4ccccc4c3)nc(-c3ccc4ccc(-c5cccc6oc7ccccc7c56)cc4c3)n2)Cc2c1sc1ccccc21. The third-order valence-corrected chi connectivity index (χ3v) is 11.6. The highest BCUT2D eigenvalue weighted by atomic mass is 32.1. The summed E-state index contributed by atoms with van der Waals surface area (Å²) in [5.41, 5.74) is 7.41. The Morgan fingerprint density at radius 1 is 0.538 bits per heavy atom. The van der Waals surface area contributed by atoms with Crippen LogP contribution in [0.2, 0.25) is 0 Å². The maximum atomic E-state index is 6.22. The molecule has 0 N–H and O–H groups in total. The lowest BCUT2D eigenvalue weighted by Gasteiger charge is -2.18. The Morgan fingerprint density at radius 3 is 2.04 bits per heavy atom. The minimum absolute atomic E-state index is 0.0313. The summed E-state index contributed by atoms with van der Waals surface area (Å²) in [6, 6.07) is 51.3. The molecule has 3 heterocycles. The molecule has 0 aliphatic heterocycles. The van der Waals surface area contributed by atoms with Crippen LogP contribution >= 0.6 is 11.3 Å². The van der Waals surface area contributed by atoms with Gasteiger partial charge < -0.3 is 4.42 Å². The number of benzene rings is 7. The first kappa shape index (κ1) is 29.3. The van der Waals surface area contributed by atoms with Crippen molar-refractivity contribution < 1.29 is 4.42 Å². The smallest absolute Gasteiger partial charge is 0.163 e. The number of aromatic nitrogens is 3. The predicted octanol–water partition coefficient (Wildman–Crippen LogP) is 12.6. The Hall–Kier alpha value is -6.43. The summed E-state index contributed by atoms with van der Waals surface area (Å²) in [6.07, 6.45) is 5.38. The Kier molecular flexibility index (Phi) is 6.51. The molecule has 0 saturated heterocycles. The third-order valence-electron chi connectivity index (χ3n) is 10.4. The Balaban J connectivity index is 1.05. The van der Waals surface area contributed by atoms with Gasteiger partial charge in [-0.25, -0.2) is 15.0 Å². The molecule has 0 fully saturated rings. The molecular formula is C47H29N3OS. The van der Waals surface area contributed by atoms with E-state index >= 15 is 0 Å². The van der Waals surface area contributed by atoms with E-state index in [1.54, 1.807) is 0 Å². The molecule has 0 radical (unpaired) electrons. The molecule has 0 saturated carbocycles. The van der Waals surface area contributed by atoms with Crippen LogP contribution in [0.1, 0.15) is 22.2 Å². The second-order valence-electron chi connectivity index (χ2n) is 13.6. The van der Waals surface area contributed by atoms with Crippen molar-refractivity contribution in [3.05, 3.63) is 168 Å². The van der Waals surface area contributed by atoms with Crippen LogP contribution in [0.25, 0.3) is 93.5 Å². The number of hydrogen-bond acceptors (Lipinski definition) is 5. The van der Waals surface area contributed by atoms with Crippen molar-refractivity contribution in [2.45, 2.75) is 12.3 Å². The minimum Gasteiger partial charge on any atom is -0.456 e. The van der Waals surface area contributed by atoms with E-state index in [1.165, 1.54) is 25.9 Å². The first-order chi connectivity index (χ1) is 25.7. The van der Waals surface area contributed by atoms with Crippen LogP contribution in [-0.2, 0) is 6.42 Å². The highest BCUT2D eigenvalue weighted by Gasteiger charge is 2.24. The van der Waals surface area contributed by atoms with Crippen molar-refractivity contribution in [2.24, 2.45) is 0 Å². The molecular weight excluding hydrogens is 655 g/mol. The average Bonchev–Trinajstić information content (AvgIpc) is 3.78. The van der Waals surface area contributed by atoms with E-state index in [0.717, 1.165) is 72.6 Å². The van der Waals surface area contributed by atoms with E-state index in [4.69, 9.17) is 19.4 Å². The van der Waals surface area contributed by atoms with Crippen LogP contribution in [-0.4, -0.2) is 15.0 Å². The lowest BCUT2D eigenvalue weighted by atomic mass is 9.91. The average molecular weight is 684 g/mol. The molecule has 1 atom stereocenters.